The summed E-state index contributed by atoms with van der Waals surface area (Å²) < 4.78 is 0. The lowest BCUT2D eigenvalue weighted by molar-refractivity contribution is -0.154. The minimum absolute atomic E-state index is 0.139. The molecule has 2 fully saturated rings. The molecule has 1 amide bonds. The fourth-order valence-electron chi connectivity index (χ4n) is 2.76. The van der Waals surface area contributed by atoms with Gasteiger partial charge in [-0.15, -0.1) is 0 Å². The van der Waals surface area contributed by atoms with E-state index in [1.54, 1.807) is 6.92 Å². The molecule has 2 saturated heterocycles. The second-order valence-electron chi connectivity index (χ2n) is 5.72. The molecule has 2 rings (SSSR count). The number of nitrogens with one attached hydrogen (secondary N) is 1. The molecular weight excluding hydrogens is 232 g/mol. The smallest absolute Gasteiger partial charge is 0.309 e. The summed E-state index contributed by atoms with van der Waals surface area (Å²) in [6, 6.07) is 0. The lowest BCUT2D eigenvalue weighted by atomic mass is 9.80. The molecule has 0 aromatic rings. The van der Waals surface area contributed by atoms with Gasteiger partial charge in [-0.25, -0.2) is 0 Å². The van der Waals surface area contributed by atoms with Gasteiger partial charge in [0.2, 0.25) is 5.91 Å². The molecule has 5 nitrogen and oxygen atoms in total. The normalized spacial score (nSPS) is 24.8. The van der Waals surface area contributed by atoms with Gasteiger partial charge in [0.05, 0.1) is 5.41 Å². The van der Waals surface area contributed by atoms with Crippen molar-refractivity contribution in [2.24, 2.45) is 11.3 Å². The van der Waals surface area contributed by atoms with E-state index in [1.165, 1.54) is 0 Å². The van der Waals surface area contributed by atoms with E-state index in [4.69, 9.17) is 5.11 Å². The molecule has 0 aromatic heterocycles. The van der Waals surface area contributed by atoms with Gasteiger partial charge in [-0.3, -0.25) is 9.59 Å². The van der Waals surface area contributed by atoms with Crippen LogP contribution < -0.4 is 5.32 Å². The second-order valence-corrected chi connectivity index (χ2v) is 5.72. The zero-order valence-electron chi connectivity index (χ0n) is 10.9. The van der Waals surface area contributed by atoms with Gasteiger partial charge in [0.1, 0.15) is 0 Å². The SMILES string of the molecule is CC1(C(=O)O)CCN(C(=O)C2CCNCC2)CC1. The van der Waals surface area contributed by atoms with Crippen LogP contribution >= 0.6 is 0 Å². The predicted molar refractivity (Wildman–Crippen MR) is 67.2 cm³/mol. The number of piperidine rings is 2. The summed E-state index contributed by atoms with van der Waals surface area (Å²) in [6.07, 6.45) is 2.95. The number of carbonyl (C=O) groups is 2. The maximum atomic E-state index is 12.3. The summed E-state index contributed by atoms with van der Waals surface area (Å²) >= 11 is 0. The molecule has 0 unspecified atom stereocenters. The van der Waals surface area contributed by atoms with E-state index in [9.17, 15) is 9.59 Å². The van der Waals surface area contributed by atoms with Gasteiger partial charge in [0.15, 0.2) is 0 Å². The molecule has 0 aliphatic carbocycles. The first-order chi connectivity index (χ1) is 8.53. The van der Waals surface area contributed by atoms with E-state index in [-0.39, 0.29) is 11.8 Å². The Kier molecular flexibility index (Phi) is 3.90. The van der Waals surface area contributed by atoms with Crippen LogP contribution in [0.1, 0.15) is 32.6 Å². The highest BCUT2D eigenvalue weighted by atomic mass is 16.4. The summed E-state index contributed by atoms with van der Waals surface area (Å²) in [6.45, 7) is 4.78. The van der Waals surface area contributed by atoms with Crippen LogP contribution in [0.4, 0.5) is 0 Å². The summed E-state index contributed by atoms with van der Waals surface area (Å²) in [7, 11) is 0. The van der Waals surface area contributed by atoms with E-state index >= 15 is 0 Å². The molecular formula is C13H22N2O3. The molecule has 2 N–H and O–H groups in total. The minimum Gasteiger partial charge on any atom is -0.481 e. The standard InChI is InChI=1S/C13H22N2O3/c1-13(12(17)18)4-8-15(9-5-13)11(16)10-2-6-14-7-3-10/h10,14H,2-9H2,1H3,(H,17,18). The third kappa shape index (κ3) is 2.66. The molecule has 0 spiro atoms. The third-order valence-corrected chi connectivity index (χ3v) is 4.38. The number of rotatable bonds is 2. The van der Waals surface area contributed by atoms with Crippen LogP contribution in [-0.4, -0.2) is 48.1 Å². The van der Waals surface area contributed by atoms with Crippen molar-refractivity contribution < 1.29 is 14.7 Å². The second kappa shape index (κ2) is 5.26. The first-order valence-corrected chi connectivity index (χ1v) is 6.76. The van der Waals surface area contributed by atoms with Gasteiger partial charge in [-0.05, 0) is 45.7 Å². The highest BCUT2D eigenvalue weighted by Gasteiger charge is 2.39. The highest BCUT2D eigenvalue weighted by molar-refractivity contribution is 5.80. The number of hydrogen-bond acceptors (Lipinski definition) is 3. The Bertz CT molecular complexity index is 329. The topological polar surface area (TPSA) is 69.6 Å². The van der Waals surface area contributed by atoms with Crippen molar-refractivity contribution in [2.45, 2.75) is 32.6 Å². The van der Waals surface area contributed by atoms with Gasteiger partial charge in [-0.2, -0.15) is 0 Å². The molecule has 5 heteroatoms. The highest BCUT2D eigenvalue weighted by Crippen LogP contribution is 2.32. The molecule has 2 aliphatic heterocycles. The maximum absolute atomic E-state index is 12.3. The van der Waals surface area contributed by atoms with Crippen molar-refractivity contribution in [3.05, 3.63) is 0 Å². The lowest BCUT2D eigenvalue weighted by Gasteiger charge is -2.38. The van der Waals surface area contributed by atoms with Crippen molar-refractivity contribution in [3.8, 4) is 0 Å². The Hall–Kier alpha value is -1.10. The number of likely N-dealkylation sites (tertiary alicyclic amines) is 1. The summed E-state index contributed by atoms with van der Waals surface area (Å²) in [5, 5.41) is 12.4. The van der Waals surface area contributed by atoms with Gasteiger partial charge in [-0.1, -0.05) is 0 Å². The van der Waals surface area contributed by atoms with E-state index in [2.05, 4.69) is 5.32 Å². The summed E-state index contributed by atoms with van der Waals surface area (Å²) in [5.41, 5.74) is -0.648. The largest absolute Gasteiger partial charge is 0.481 e. The number of aliphatic carboxylic acids is 1. The Balaban J connectivity index is 1.89. The Morgan fingerprint density at radius 2 is 1.78 bits per heavy atom. The average molecular weight is 254 g/mol. The van der Waals surface area contributed by atoms with Crippen molar-refractivity contribution in [3.63, 3.8) is 0 Å². The Labute approximate surface area is 108 Å². The number of carbonyl (C=O) groups excluding carboxylic acids is 1. The number of carboxylic acid groups (broad SMARTS) is 1. The molecule has 18 heavy (non-hydrogen) atoms. The fourth-order valence-corrected chi connectivity index (χ4v) is 2.76. The van der Waals surface area contributed by atoms with Crippen LogP contribution in [0, 0.1) is 11.3 Å². The van der Waals surface area contributed by atoms with Crippen molar-refractivity contribution in [1.29, 1.82) is 0 Å². The molecule has 0 aromatic carbocycles. The number of nitrogens with zero attached hydrogens (tertiary/aromatic N) is 1. The summed E-state index contributed by atoms with van der Waals surface area (Å²) in [4.78, 5) is 25.3. The first-order valence-electron chi connectivity index (χ1n) is 6.76. The number of hydrogen-bond donors (Lipinski definition) is 2. The molecule has 0 radical (unpaired) electrons. The van der Waals surface area contributed by atoms with E-state index in [1.807, 2.05) is 4.90 Å². The molecule has 102 valence electrons. The quantitative estimate of drug-likeness (QED) is 0.761. The number of carboxylic acids is 1. The van der Waals surface area contributed by atoms with Gasteiger partial charge in [0, 0.05) is 19.0 Å². The van der Waals surface area contributed by atoms with Crippen molar-refractivity contribution >= 4 is 11.9 Å². The van der Waals surface area contributed by atoms with Crippen LogP contribution in [0.15, 0.2) is 0 Å². The van der Waals surface area contributed by atoms with Crippen LogP contribution in [0.3, 0.4) is 0 Å². The molecule has 0 saturated carbocycles. The van der Waals surface area contributed by atoms with E-state index < -0.39 is 11.4 Å². The van der Waals surface area contributed by atoms with Gasteiger partial charge < -0.3 is 15.3 Å². The van der Waals surface area contributed by atoms with Crippen LogP contribution in [-0.2, 0) is 9.59 Å². The molecule has 0 bridgehead atoms. The Morgan fingerprint density at radius 3 is 2.28 bits per heavy atom. The van der Waals surface area contributed by atoms with Crippen LogP contribution in [0.5, 0.6) is 0 Å². The average Bonchev–Trinajstić information content (AvgIpc) is 2.40. The van der Waals surface area contributed by atoms with Gasteiger partial charge in [0.25, 0.3) is 0 Å². The minimum atomic E-state index is -0.739. The van der Waals surface area contributed by atoms with Crippen molar-refractivity contribution in [2.75, 3.05) is 26.2 Å². The molecule has 2 aliphatic rings. The van der Waals surface area contributed by atoms with Gasteiger partial charge >= 0.3 is 5.97 Å². The van der Waals surface area contributed by atoms with Crippen LogP contribution in [0.25, 0.3) is 0 Å². The van der Waals surface area contributed by atoms with Crippen LogP contribution in [0.2, 0.25) is 0 Å². The third-order valence-electron chi connectivity index (χ3n) is 4.38. The van der Waals surface area contributed by atoms with E-state index in [0.717, 1.165) is 25.9 Å². The maximum Gasteiger partial charge on any atom is 0.309 e. The molecule has 0 atom stereocenters. The first kappa shape index (κ1) is 13.3. The molecule has 2 heterocycles. The zero-order valence-corrected chi connectivity index (χ0v) is 10.9. The fraction of sp³-hybridized carbons (Fsp3) is 0.846. The predicted octanol–water partition coefficient (Wildman–Crippen LogP) is 0.699. The number of amides is 1. The van der Waals surface area contributed by atoms with Crippen molar-refractivity contribution in [1.82, 2.24) is 10.2 Å². The Morgan fingerprint density at radius 1 is 1.22 bits per heavy atom. The zero-order chi connectivity index (χ0) is 13.2. The van der Waals surface area contributed by atoms with E-state index in [0.29, 0.717) is 25.9 Å². The summed E-state index contributed by atoms with van der Waals surface area (Å²) in [5.74, 6) is -0.374. The monoisotopic (exact) mass is 254 g/mol. The lowest BCUT2D eigenvalue weighted by Crippen LogP contribution is -2.48.